The number of methoxy groups -OCH3 is 1. The maximum absolute atomic E-state index is 12.8. The van der Waals surface area contributed by atoms with E-state index in [2.05, 4.69) is 16.0 Å². The Labute approximate surface area is 171 Å². The molecule has 1 N–H and O–H groups in total. The summed E-state index contributed by atoms with van der Waals surface area (Å²) in [6.45, 7) is 0.934. The van der Waals surface area contributed by atoms with Gasteiger partial charge in [0.1, 0.15) is 5.82 Å². The molecule has 8 heteroatoms. The van der Waals surface area contributed by atoms with Crippen LogP contribution in [-0.2, 0) is 17.8 Å². The Hall–Kier alpha value is -3.96. The van der Waals surface area contributed by atoms with Gasteiger partial charge in [-0.3, -0.25) is 14.3 Å². The predicted molar refractivity (Wildman–Crippen MR) is 112 cm³/mol. The van der Waals surface area contributed by atoms with Crippen molar-refractivity contribution in [3.63, 3.8) is 0 Å². The summed E-state index contributed by atoms with van der Waals surface area (Å²) in [6.07, 6.45) is 0. The number of nitrogens with one attached hydrogen (secondary N) is 1. The first-order valence-electron chi connectivity index (χ1n) is 9.39. The highest BCUT2D eigenvalue weighted by Crippen LogP contribution is 2.24. The minimum atomic E-state index is -0.536. The Kier molecular flexibility index (Phi) is 5.28. The maximum atomic E-state index is 12.8. The van der Waals surface area contributed by atoms with E-state index in [1.807, 2.05) is 36.4 Å². The quantitative estimate of drug-likeness (QED) is 0.533. The molecule has 0 saturated carbocycles. The molecule has 0 unspecified atom stereocenters. The number of aromatic amines is 1. The third-order valence-electron chi connectivity index (χ3n) is 4.84. The van der Waals surface area contributed by atoms with E-state index in [0.29, 0.717) is 35.6 Å². The largest absolute Gasteiger partial charge is 0.383 e. The van der Waals surface area contributed by atoms with Crippen LogP contribution in [0.4, 0.5) is 0 Å². The van der Waals surface area contributed by atoms with Crippen LogP contribution < -0.4 is 11.2 Å². The van der Waals surface area contributed by atoms with Crippen LogP contribution in [0.2, 0.25) is 0 Å². The number of H-pyrrole nitrogens is 1. The number of benzene rings is 2. The van der Waals surface area contributed by atoms with Crippen LogP contribution in [0.1, 0.15) is 11.1 Å². The standard InChI is InChI=1S/C22H19N5O3/c1-30-11-10-26-20-18(21(28)25-22(26)29)27(14-15-6-3-2-4-7-15)19(24-20)17-9-5-8-16(12-17)13-23/h2-9,12H,10-11,14H2,1H3,(H,25,28,29). The molecule has 4 aromatic rings. The predicted octanol–water partition coefficient (Wildman–Crippen LogP) is 2.12. The van der Waals surface area contributed by atoms with Crippen LogP contribution in [0, 0.1) is 11.3 Å². The molecule has 0 amide bonds. The molecule has 150 valence electrons. The van der Waals surface area contributed by atoms with Crippen LogP contribution in [-0.4, -0.2) is 32.8 Å². The fourth-order valence-corrected chi connectivity index (χ4v) is 3.43. The zero-order valence-electron chi connectivity index (χ0n) is 16.3. The van der Waals surface area contributed by atoms with E-state index in [1.54, 1.807) is 29.9 Å². The van der Waals surface area contributed by atoms with Gasteiger partial charge in [0.15, 0.2) is 11.2 Å². The molecule has 2 heterocycles. The molecule has 0 aliphatic rings. The first kappa shape index (κ1) is 19.4. The van der Waals surface area contributed by atoms with Crippen LogP contribution in [0.15, 0.2) is 64.2 Å². The summed E-state index contributed by atoms with van der Waals surface area (Å²) in [5.74, 6) is 0.508. The van der Waals surface area contributed by atoms with Crippen molar-refractivity contribution in [2.24, 2.45) is 0 Å². The molecule has 0 aliphatic carbocycles. The lowest BCUT2D eigenvalue weighted by Crippen LogP contribution is -2.32. The lowest BCUT2D eigenvalue weighted by molar-refractivity contribution is 0.187. The van der Waals surface area contributed by atoms with E-state index >= 15 is 0 Å². The van der Waals surface area contributed by atoms with Crippen molar-refractivity contribution in [2.75, 3.05) is 13.7 Å². The number of imidazole rings is 1. The van der Waals surface area contributed by atoms with Gasteiger partial charge in [0.2, 0.25) is 0 Å². The van der Waals surface area contributed by atoms with Gasteiger partial charge in [-0.1, -0.05) is 42.5 Å². The van der Waals surface area contributed by atoms with E-state index < -0.39 is 11.2 Å². The SMILES string of the molecule is COCCn1c(=O)[nH]c(=O)c2c1nc(-c1cccc(C#N)c1)n2Cc1ccccc1. The smallest absolute Gasteiger partial charge is 0.330 e. The monoisotopic (exact) mass is 401 g/mol. The fourth-order valence-electron chi connectivity index (χ4n) is 3.43. The average Bonchev–Trinajstić information content (AvgIpc) is 3.14. The van der Waals surface area contributed by atoms with Gasteiger partial charge >= 0.3 is 5.69 Å². The highest BCUT2D eigenvalue weighted by atomic mass is 16.5. The summed E-state index contributed by atoms with van der Waals surface area (Å²) < 4.78 is 8.29. The van der Waals surface area contributed by atoms with Crippen molar-refractivity contribution in [3.8, 4) is 17.5 Å². The Morgan fingerprint density at radius 2 is 1.90 bits per heavy atom. The molecular formula is C22H19N5O3. The molecule has 0 radical (unpaired) electrons. The molecule has 2 aromatic carbocycles. The van der Waals surface area contributed by atoms with Crippen molar-refractivity contribution in [3.05, 3.63) is 86.6 Å². The van der Waals surface area contributed by atoms with Crippen LogP contribution in [0.25, 0.3) is 22.6 Å². The number of ether oxygens (including phenoxy) is 1. The number of nitrogens with zero attached hydrogens (tertiary/aromatic N) is 4. The van der Waals surface area contributed by atoms with Crippen LogP contribution in [0.5, 0.6) is 0 Å². The van der Waals surface area contributed by atoms with E-state index in [1.165, 1.54) is 4.57 Å². The molecule has 0 saturated heterocycles. The molecule has 8 nitrogen and oxygen atoms in total. The highest BCUT2D eigenvalue weighted by Gasteiger charge is 2.20. The van der Waals surface area contributed by atoms with E-state index in [0.717, 1.165) is 5.56 Å². The van der Waals surface area contributed by atoms with E-state index in [9.17, 15) is 14.9 Å². The van der Waals surface area contributed by atoms with Crippen LogP contribution >= 0.6 is 0 Å². The molecule has 0 bridgehead atoms. The van der Waals surface area contributed by atoms with Crippen molar-refractivity contribution >= 4 is 11.2 Å². The third-order valence-corrected chi connectivity index (χ3v) is 4.84. The zero-order chi connectivity index (χ0) is 21.1. The molecular weight excluding hydrogens is 382 g/mol. The van der Waals surface area contributed by atoms with Gasteiger partial charge in [-0.2, -0.15) is 5.26 Å². The second kappa shape index (κ2) is 8.19. The number of aromatic nitrogens is 4. The van der Waals surface area contributed by atoms with E-state index in [-0.39, 0.29) is 12.2 Å². The minimum absolute atomic E-state index is 0.253. The first-order valence-corrected chi connectivity index (χ1v) is 9.39. The minimum Gasteiger partial charge on any atom is -0.383 e. The van der Waals surface area contributed by atoms with Gasteiger partial charge in [-0.05, 0) is 17.7 Å². The normalized spacial score (nSPS) is 10.9. The topological polar surface area (TPSA) is 106 Å². The van der Waals surface area contributed by atoms with Gasteiger partial charge in [-0.15, -0.1) is 0 Å². The second-order valence-electron chi connectivity index (χ2n) is 6.78. The summed E-state index contributed by atoms with van der Waals surface area (Å²) >= 11 is 0. The molecule has 0 fully saturated rings. The third kappa shape index (κ3) is 3.54. The number of hydrogen-bond acceptors (Lipinski definition) is 5. The van der Waals surface area contributed by atoms with Crippen molar-refractivity contribution in [2.45, 2.75) is 13.1 Å². The molecule has 0 spiro atoms. The summed E-state index contributed by atoms with van der Waals surface area (Å²) in [6, 6.07) is 18.8. The fraction of sp³-hybridized carbons (Fsp3) is 0.182. The van der Waals surface area contributed by atoms with Crippen molar-refractivity contribution in [1.82, 2.24) is 19.1 Å². The Bertz CT molecular complexity index is 1360. The molecule has 2 aromatic heterocycles. The molecule has 0 atom stereocenters. The lowest BCUT2D eigenvalue weighted by atomic mass is 10.1. The molecule has 4 rings (SSSR count). The average molecular weight is 401 g/mol. The zero-order valence-corrected chi connectivity index (χ0v) is 16.3. The number of rotatable bonds is 6. The van der Waals surface area contributed by atoms with Gasteiger partial charge in [0, 0.05) is 19.2 Å². The highest BCUT2D eigenvalue weighted by molar-refractivity contribution is 5.77. The second-order valence-corrected chi connectivity index (χ2v) is 6.78. The summed E-state index contributed by atoms with van der Waals surface area (Å²) in [4.78, 5) is 32.3. The number of hydrogen-bond donors (Lipinski definition) is 1. The Balaban J connectivity index is 2.02. The Morgan fingerprint density at radius 1 is 1.10 bits per heavy atom. The first-order chi connectivity index (χ1) is 14.6. The number of nitriles is 1. The van der Waals surface area contributed by atoms with Gasteiger partial charge in [0.05, 0.1) is 24.8 Å². The lowest BCUT2D eigenvalue weighted by Gasteiger charge is -2.10. The van der Waals surface area contributed by atoms with Crippen molar-refractivity contribution in [1.29, 1.82) is 5.26 Å². The van der Waals surface area contributed by atoms with Gasteiger partial charge in [0.25, 0.3) is 5.56 Å². The van der Waals surface area contributed by atoms with Crippen molar-refractivity contribution < 1.29 is 4.74 Å². The maximum Gasteiger partial charge on any atom is 0.330 e. The van der Waals surface area contributed by atoms with Gasteiger partial charge in [-0.25, -0.2) is 9.78 Å². The van der Waals surface area contributed by atoms with Gasteiger partial charge < -0.3 is 9.30 Å². The molecule has 30 heavy (non-hydrogen) atoms. The number of fused-ring (bicyclic) bond motifs is 1. The van der Waals surface area contributed by atoms with E-state index in [4.69, 9.17) is 4.74 Å². The summed E-state index contributed by atoms with van der Waals surface area (Å²) in [7, 11) is 1.54. The Morgan fingerprint density at radius 3 is 2.63 bits per heavy atom. The molecule has 0 aliphatic heterocycles. The summed E-state index contributed by atoms with van der Waals surface area (Å²) in [5.41, 5.74) is 1.69. The summed E-state index contributed by atoms with van der Waals surface area (Å²) in [5, 5.41) is 9.28. The van der Waals surface area contributed by atoms with Crippen LogP contribution in [0.3, 0.4) is 0 Å².